The molecular formula is C20H25F3N2O3S. The zero-order chi connectivity index (χ0) is 20.8. The molecule has 1 aromatic rings. The first kappa shape index (κ1) is 20.7. The zero-order valence-electron chi connectivity index (χ0n) is 16.1. The van der Waals surface area contributed by atoms with Crippen LogP contribution in [-0.4, -0.2) is 49.7 Å². The molecule has 1 saturated heterocycles. The van der Waals surface area contributed by atoms with Crippen LogP contribution in [0.2, 0.25) is 0 Å². The lowest BCUT2D eigenvalue weighted by molar-refractivity contribution is -0.137. The molecule has 5 nitrogen and oxygen atoms in total. The molecule has 3 fully saturated rings. The molecule has 2 bridgehead atoms. The molecule has 1 heterocycles. The van der Waals surface area contributed by atoms with Gasteiger partial charge in [0.25, 0.3) is 0 Å². The van der Waals surface area contributed by atoms with E-state index in [-0.39, 0.29) is 23.9 Å². The van der Waals surface area contributed by atoms with Crippen molar-refractivity contribution in [1.29, 1.82) is 0 Å². The number of amides is 1. The number of fused-ring (bicyclic) bond motifs is 2. The van der Waals surface area contributed by atoms with Crippen molar-refractivity contribution in [1.82, 2.24) is 9.21 Å². The second-order valence-electron chi connectivity index (χ2n) is 8.45. The summed E-state index contributed by atoms with van der Waals surface area (Å²) in [6.45, 7) is 0.955. The zero-order valence-corrected chi connectivity index (χ0v) is 16.9. The van der Waals surface area contributed by atoms with Gasteiger partial charge in [-0.05, 0) is 61.3 Å². The summed E-state index contributed by atoms with van der Waals surface area (Å²) >= 11 is 0. The Hall–Kier alpha value is -1.61. The van der Waals surface area contributed by atoms with Crippen molar-refractivity contribution in [3.63, 3.8) is 0 Å². The topological polar surface area (TPSA) is 57.7 Å². The number of piperazine rings is 1. The summed E-state index contributed by atoms with van der Waals surface area (Å²) < 4.78 is 64.8. The molecule has 3 atom stereocenters. The molecule has 4 rings (SSSR count). The molecule has 29 heavy (non-hydrogen) atoms. The van der Waals surface area contributed by atoms with Gasteiger partial charge in [-0.25, -0.2) is 8.42 Å². The number of carbonyl (C=O) groups excluding carboxylic acids is 1. The van der Waals surface area contributed by atoms with Gasteiger partial charge >= 0.3 is 6.18 Å². The third-order valence-electron chi connectivity index (χ3n) is 6.73. The van der Waals surface area contributed by atoms with Crippen LogP contribution >= 0.6 is 0 Å². The Balaban J connectivity index is 1.34. The summed E-state index contributed by atoms with van der Waals surface area (Å²) in [7, 11) is -3.87. The maximum atomic E-state index is 12.7. The Kier molecular flexibility index (Phi) is 5.40. The number of rotatable bonds is 4. The molecule has 0 aromatic heterocycles. The number of sulfonamides is 1. The van der Waals surface area contributed by atoms with Crippen molar-refractivity contribution in [2.24, 2.45) is 17.8 Å². The number of nitrogens with zero attached hydrogens (tertiary/aromatic N) is 2. The van der Waals surface area contributed by atoms with Crippen molar-refractivity contribution in [3.05, 3.63) is 29.8 Å². The maximum absolute atomic E-state index is 12.7. The normalized spacial score (nSPS) is 28.1. The van der Waals surface area contributed by atoms with E-state index >= 15 is 0 Å². The fourth-order valence-corrected chi connectivity index (χ4v) is 6.54. The van der Waals surface area contributed by atoms with Crippen molar-refractivity contribution >= 4 is 15.9 Å². The minimum Gasteiger partial charge on any atom is -0.340 e. The predicted molar refractivity (Wildman–Crippen MR) is 100 cm³/mol. The van der Waals surface area contributed by atoms with Gasteiger partial charge in [0, 0.05) is 32.6 Å². The number of benzene rings is 1. The van der Waals surface area contributed by atoms with Crippen LogP contribution in [0.25, 0.3) is 0 Å². The first-order valence-corrected chi connectivity index (χ1v) is 11.5. The van der Waals surface area contributed by atoms with E-state index in [0.717, 1.165) is 36.6 Å². The average molecular weight is 430 g/mol. The molecular weight excluding hydrogens is 405 g/mol. The van der Waals surface area contributed by atoms with E-state index in [1.807, 2.05) is 0 Å². The third-order valence-corrected chi connectivity index (χ3v) is 8.64. The summed E-state index contributed by atoms with van der Waals surface area (Å²) in [5.41, 5.74) is -0.882. The summed E-state index contributed by atoms with van der Waals surface area (Å²) in [4.78, 5) is 14.2. The Morgan fingerprint density at radius 1 is 1.00 bits per heavy atom. The molecule has 0 N–H and O–H groups in total. The van der Waals surface area contributed by atoms with Crippen LogP contribution in [0.5, 0.6) is 0 Å². The Morgan fingerprint density at radius 2 is 1.66 bits per heavy atom. The number of carbonyl (C=O) groups is 1. The largest absolute Gasteiger partial charge is 0.416 e. The molecule has 2 aliphatic carbocycles. The van der Waals surface area contributed by atoms with E-state index in [0.29, 0.717) is 31.3 Å². The highest BCUT2D eigenvalue weighted by Gasteiger charge is 2.41. The number of alkyl halides is 3. The molecule has 0 spiro atoms. The highest BCUT2D eigenvalue weighted by molar-refractivity contribution is 7.89. The van der Waals surface area contributed by atoms with Gasteiger partial charge in [0.2, 0.25) is 15.9 Å². The van der Waals surface area contributed by atoms with E-state index in [9.17, 15) is 26.4 Å². The van der Waals surface area contributed by atoms with E-state index < -0.39 is 21.8 Å². The van der Waals surface area contributed by atoms with E-state index in [1.54, 1.807) is 4.90 Å². The second kappa shape index (κ2) is 7.58. The average Bonchev–Trinajstić information content (AvgIpc) is 3.30. The molecule has 1 aromatic carbocycles. The van der Waals surface area contributed by atoms with Crippen LogP contribution in [-0.2, 0) is 21.0 Å². The quantitative estimate of drug-likeness (QED) is 0.736. The molecule has 1 aliphatic heterocycles. The van der Waals surface area contributed by atoms with Gasteiger partial charge in [0.05, 0.1) is 10.5 Å². The molecule has 0 unspecified atom stereocenters. The highest BCUT2D eigenvalue weighted by Crippen LogP contribution is 2.49. The molecule has 1 amide bonds. The lowest BCUT2D eigenvalue weighted by Crippen LogP contribution is -2.50. The first-order chi connectivity index (χ1) is 13.6. The lowest BCUT2D eigenvalue weighted by atomic mass is 9.86. The van der Waals surface area contributed by atoms with Gasteiger partial charge in [-0.2, -0.15) is 17.5 Å². The van der Waals surface area contributed by atoms with Gasteiger partial charge in [0.1, 0.15) is 0 Å². The number of hydrogen-bond acceptors (Lipinski definition) is 3. The van der Waals surface area contributed by atoms with Crippen molar-refractivity contribution in [3.8, 4) is 0 Å². The number of halogens is 3. The van der Waals surface area contributed by atoms with Gasteiger partial charge in [-0.3, -0.25) is 4.79 Å². The maximum Gasteiger partial charge on any atom is 0.416 e. The Labute approximate surface area is 168 Å². The van der Waals surface area contributed by atoms with Gasteiger partial charge in [-0.15, -0.1) is 0 Å². The Bertz CT molecular complexity index is 862. The molecule has 2 saturated carbocycles. The first-order valence-electron chi connectivity index (χ1n) is 10.1. The summed E-state index contributed by atoms with van der Waals surface area (Å²) in [6.07, 6.45) is 0.938. The molecule has 160 valence electrons. The van der Waals surface area contributed by atoms with Gasteiger partial charge in [-0.1, -0.05) is 6.42 Å². The van der Waals surface area contributed by atoms with E-state index in [1.165, 1.54) is 23.6 Å². The SMILES string of the molecule is O=C(C[C@H]1C[C@@H]2CC[C@@H]1C2)N1CCN(S(=O)(=O)c2ccc(C(F)(F)F)cc2)CC1. The van der Waals surface area contributed by atoms with Crippen LogP contribution in [0, 0.1) is 17.8 Å². The van der Waals surface area contributed by atoms with Gasteiger partial charge < -0.3 is 4.90 Å². The van der Waals surface area contributed by atoms with Crippen molar-refractivity contribution in [2.75, 3.05) is 26.2 Å². The molecule has 9 heteroatoms. The third kappa shape index (κ3) is 4.17. The van der Waals surface area contributed by atoms with Crippen LogP contribution in [0.15, 0.2) is 29.2 Å². The fraction of sp³-hybridized carbons (Fsp3) is 0.650. The van der Waals surface area contributed by atoms with E-state index in [2.05, 4.69) is 0 Å². The summed E-state index contributed by atoms with van der Waals surface area (Å²) in [5.74, 6) is 2.01. The standard InChI is InChI=1S/C20H25F3N2O3S/c21-20(22,23)17-3-5-18(6-4-17)29(27,28)25-9-7-24(8-10-25)19(26)13-16-12-14-1-2-15(16)11-14/h3-6,14-16H,1-2,7-13H2/t14-,15-,16-/m1/s1. The number of hydrogen-bond donors (Lipinski definition) is 0. The van der Waals surface area contributed by atoms with Crippen molar-refractivity contribution in [2.45, 2.75) is 43.2 Å². The van der Waals surface area contributed by atoms with E-state index in [4.69, 9.17) is 0 Å². The summed E-state index contributed by atoms with van der Waals surface area (Å²) in [5, 5.41) is 0. The lowest BCUT2D eigenvalue weighted by Gasteiger charge is -2.35. The minimum absolute atomic E-state index is 0.0918. The smallest absolute Gasteiger partial charge is 0.340 e. The summed E-state index contributed by atoms with van der Waals surface area (Å²) in [6, 6.07) is 3.54. The van der Waals surface area contributed by atoms with Gasteiger partial charge in [0.15, 0.2) is 0 Å². The second-order valence-corrected chi connectivity index (χ2v) is 10.4. The molecule has 3 aliphatic rings. The van der Waals surface area contributed by atoms with Crippen molar-refractivity contribution < 1.29 is 26.4 Å². The van der Waals surface area contributed by atoms with Crippen LogP contribution in [0.3, 0.4) is 0 Å². The highest BCUT2D eigenvalue weighted by atomic mass is 32.2. The predicted octanol–water partition coefficient (Wildman–Crippen LogP) is 3.36. The monoisotopic (exact) mass is 430 g/mol. The van der Waals surface area contributed by atoms with Crippen LogP contribution in [0.4, 0.5) is 13.2 Å². The Morgan fingerprint density at radius 3 is 2.17 bits per heavy atom. The molecule has 0 radical (unpaired) electrons. The fourth-order valence-electron chi connectivity index (χ4n) is 5.12. The minimum atomic E-state index is -4.51. The van der Waals surface area contributed by atoms with Crippen LogP contribution in [0.1, 0.15) is 37.7 Å². The van der Waals surface area contributed by atoms with Crippen LogP contribution < -0.4 is 0 Å².